The molecule has 1 aromatic carbocycles. The number of anilines is 2. The van der Waals surface area contributed by atoms with Crippen LogP contribution in [0.25, 0.3) is 0 Å². The summed E-state index contributed by atoms with van der Waals surface area (Å²) in [5.41, 5.74) is -0.215. The van der Waals surface area contributed by atoms with Crippen LogP contribution >= 0.6 is 0 Å². The highest BCUT2D eigenvalue weighted by molar-refractivity contribution is 5.62. The number of aliphatic hydroxyl groups is 2. The topological polar surface area (TPSA) is 126 Å². The van der Waals surface area contributed by atoms with Crippen LogP contribution in [0, 0.1) is 0 Å². The second-order valence-corrected chi connectivity index (χ2v) is 5.58. The van der Waals surface area contributed by atoms with Crippen molar-refractivity contribution in [2.75, 3.05) is 19.0 Å². The lowest BCUT2D eigenvalue weighted by atomic mass is 10.1. The molecule has 9 nitrogen and oxygen atoms in total. The summed E-state index contributed by atoms with van der Waals surface area (Å²) in [6.45, 7) is -0.396. The minimum Gasteiger partial charge on any atom is -0.506 e. The van der Waals surface area contributed by atoms with Crippen molar-refractivity contribution in [1.29, 1.82) is 0 Å². The van der Waals surface area contributed by atoms with Crippen molar-refractivity contribution in [3.05, 3.63) is 47.0 Å². The van der Waals surface area contributed by atoms with Gasteiger partial charge in [-0.05, 0) is 18.2 Å². The average Bonchev–Trinajstić information content (AvgIpc) is 2.92. The molecule has 25 heavy (non-hydrogen) atoms. The van der Waals surface area contributed by atoms with Crippen LogP contribution in [0.2, 0.25) is 0 Å². The Labute approximate surface area is 143 Å². The van der Waals surface area contributed by atoms with E-state index in [1.54, 1.807) is 18.2 Å². The van der Waals surface area contributed by atoms with E-state index in [0.717, 1.165) is 0 Å². The Morgan fingerprint density at radius 1 is 1.36 bits per heavy atom. The third-order valence-electron chi connectivity index (χ3n) is 4.04. The number of ether oxygens (including phenoxy) is 2. The van der Waals surface area contributed by atoms with Gasteiger partial charge >= 0.3 is 5.69 Å². The van der Waals surface area contributed by atoms with Crippen LogP contribution < -0.4 is 11.0 Å². The van der Waals surface area contributed by atoms with E-state index in [0.29, 0.717) is 5.69 Å². The zero-order valence-corrected chi connectivity index (χ0v) is 13.4. The average molecular weight is 349 g/mol. The fourth-order valence-corrected chi connectivity index (χ4v) is 2.74. The number of nitrogens with one attached hydrogen (secondary N) is 1. The molecule has 0 aliphatic carbocycles. The van der Waals surface area contributed by atoms with Crippen LogP contribution in [0.5, 0.6) is 5.75 Å². The van der Waals surface area contributed by atoms with Gasteiger partial charge in [0.15, 0.2) is 6.23 Å². The highest BCUT2D eigenvalue weighted by atomic mass is 16.6. The van der Waals surface area contributed by atoms with E-state index in [1.807, 2.05) is 0 Å². The number of phenols is 1. The van der Waals surface area contributed by atoms with E-state index in [-0.39, 0.29) is 11.6 Å². The molecule has 3 rings (SSSR count). The minimum atomic E-state index is -1.06. The zero-order chi connectivity index (χ0) is 18.0. The fourth-order valence-electron chi connectivity index (χ4n) is 2.74. The maximum absolute atomic E-state index is 12.3. The summed E-state index contributed by atoms with van der Waals surface area (Å²) in [6.07, 6.45) is -2.18. The van der Waals surface area contributed by atoms with Gasteiger partial charge in [0.05, 0.1) is 12.3 Å². The molecule has 1 fully saturated rings. The summed E-state index contributed by atoms with van der Waals surface area (Å²) >= 11 is 0. The van der Waals surface area contributed by atoms with Gasteiger partial charge < -0.3 is 30.1 Å². The predicted molar refractivity (Wildman–Crippen MR) is 87.7 cm³/mol. The number of aromatic nitrogens is 2. The molecule has 4 atom stereocenters. The van der Waals surface area contributed by atoms with Gasteiger partial charge in [-0.3, -0.25) is 4.57 Å². The normalized spacial score (nSPS) is 25.9. The first-order chi connectivity index (χ1) is 12.0. The molecule has 4 N–H and O–H groups in total. The second kappa shape index (κ2) is 7.19. The number of aliphatic hydroxyl groups excluding tert-OH is 2. The first-order valence-electron chi connectivity index (χ1n) is 7.66. The number of rotatable bonds is 5. The Morgan fingerprint density at radius 2 is 2.12 bits per heavy atom. The number of nitrogens with zero attached hydrogens (tertiary/aromatic N) is 2. The molecular weight excluding hydrogens is 330 g/mol. The molecule has 0 spiro atoms. The largest absolute Gasteiger partial charge is 0.506 e. The quantitative estimate of drug-likeness (QED) is 0.554. The number of aromatic hydroxyl groups is 1. The summed E-state index contributed by atoms with van der Waals surface area (Å²) < 4.78 is 11.9. The first kappa shape index (κ1) is 17.4. The zero-order valence-electron chi connectivity index (χ0n) is 13.4. The van der Waals surface area contributed by atoms with Crippen LogP contribution in [0.3, 0.4) is 0 Å². The summed E-state index contributed by atoms with van der Waals surface area (Å²) in [6, 6.07) is 8.09. The van der Waals surface area contributed by atoms with E-state index < -0.39 is 36.8 Å². The summed E-state index contributed by atoms with van der Waals surface area (Å²) in [5.74, 6) is 0.273. The van der Waals surface area contributed by atoms with Gasteiger partial charge in [0.25, 0.3) is 0 Å². The van der Waals surface area contributed by atoms with Crippen LogP contribution in [-0.2, 0) is 9.47 Å². The van der Waals surface area contributed by atoms with Crippen molar-refractivity contribution in [2.45, 2.75) is 24.5 Å². The Morgan fingerprint density at radius 3 is 2.76 bits per heavy atom. The van der Waals surface area contributed by atoms with Crippen LogP contribution in [0.4, 0.5) is 11.5 Å². The van der Waals surface area contributed by atoms with Crippen LogP contribution in [-0.4, -0.2) is 56.9 Å². The summed E-state index contributed by atoms with van der Waals surface area (Å²) in [7, 11) is 1.39. The number of phenolic OH excluding ortho intramolecular Hbond substituents is 1. The predicted octanol–water partition coefficient (Wildman–Crippen LogP) is -0.0419. The van der Waals surface area contributed by atoms with Gasteiger partial charge in [-0.2, -0.15) is 4.98 Å². The number of hydrogen-bond acceptors (Lipinski definition) is 8. The lowest BCUT2D eigenvalue weighted by molar-refractivity contribution is -0.0624. The Balaban J connectivity index is 1.85. The summed E-state index contributed by atoms with van der Waals surface area (Å²) in [4.78, 5) is 16.2. The molecule has 1 aliphatic heterocycles. The van der Waals surface area contributed by atoms with E-state index in [2.05, 4.69) is 10.3 Å². The number of para-hydroxylation sites is 2. The maximum Gasteiger partial charge on any atom is 0.351 e. The summed E-state index contributed by atoms with van der Waals surface area (Å²) in [5, 5.41) is 31.9. The Bertz CT molecular complexity index is 795. The molecule has 1 aromatic heterocycles. The SMILES string of the molecule is CO[C@@H]1[C@H](O)[C@@H](CO)O[C@H]1n1ccc(Nc2ccccc2O)nc1=O. The van der Waals surface area contributed by atoms with Crippen molar-refractivity contribution in [1.82, 2.24) is 9.55 Å². The number of hydrogen-bond donors (Lipinski definition) is 4. The maximum atomic E-state index is 12.3. The molecule has 1 saturated heterocycles. The molecule has 134 valence electrons. The Hall–Kier alpha value is -2.46. The second-order valence-electron chi connectivity index (χ2n) is 5.58. The molecule has 0 amide bonds. The smallest absolute Gasteiger partial charge is 0.351 e. The molecule has 2 heterocycles. The molecule has 2 aromatic rings. The molecule has 0 bridgehead atoms. The van der Waals surface area contributed by atoms with Crippen LogP contribution in [0.15, 0.2) is 41.3 Å². The third-order valence-corrected chi connectivity index (χ3v) is 4.04. The van der Waals surface area contributed by atoms with Crippen molar-refractivity contribution < 1.29 is 24.8 Å². The molecule has 1 aliphatic rings. The van der Waals surface area contributed by atoms with Crippen molar-refractivity contribution in [3.63, 3.8) is 0 Å². The standard InChI is InChI=1S/C16H19N3O6/c1-24-14-13(22)11(8-20)25-15(14)19-7-6-12(18-16(19)23)17-9-4-2-3-5-10(9)21/h2-7,11,13-15,20-22H,8H2,1H3,(H,17,18,23)/t11-,13-,14-,15-/m1/s1. The molecule has 0 unspecified atom stereocenters. The van der Waals surface area contributed by atoms with Crippen LogP contribution in [0.1, 0.15) is 6.23 Å². The first-order valence-corrected chi connectivity index (χ1v) is 7.66. The number of benzene rings is 1. The number of methoxy groups -OCH3 is 1. The van der Waals surface area contributed by atoms with Gasteiger partial charge in [-0.15, -0.1) is 0 Å². The minimum absolute atomic E-state index is 0.0287. The van der Waals surface area contributed by atoms with E-state index in [1.165, 1.54) is 30.0 Å². The third kappa shape index (κ3) is 3.35. The molecular formula is C16H19N3O6. The lowest BCUT2D eigenvalue weighted by Crippen LogP contribution is -2.37. The van der Waals surface area contributed by atoms with Gasteiger partial charge in [-0.1, -0.05) is 12.1 Å². The monoisotopic (exact) mass is 349 g/mol. The Kier molecular flexibility index (Phi) is 5.00. The van der Waals surface area contributed by atoms with Crippen molar-refractivity contribution in [3.8, 4) is 5.75 Å². The van der Waals surface area contributed by atoms with E-state index in [9.17, 15) is 20.1 Å². The fraction of sp³-hybridized carbons (Fsp3) is 0.375. The molecule has 0 radical (unpaired) electrons. The molecule has 0 saturated carbocycles. The van der Waals surface area contributed by atoms with Crippen molar-refractivity contribution >= 4 is 11.5 Å². The van der Waals surface area contributed by atoms with Crippen molar-refractivity contribution in [2.24, 2.45) is 0 Å². The lowest BCUT2D eigenvalue weighted by Gasteiger charge is -2.20. The molecule has 9 heteroatoms. The van der Waals surface area contributed by atoms with Gasteiger partial charge in [-0.25, -0.2) is 4.79 Å². The highest BCUT2D eigenvalue weighted by Gasteiger charge is 2.45. The highest BCUT2D eigenvalue weighted by Crippen LogP contribution is 2.30. The van der Waals surface area contributed by atoms with E-state index >= 15 is 0 Å². The van der Waals surface area contributed by atoms with Gasteiger partial charge in [0.2, 0.25) is 0 Å². The van der Waals surface area contributed by atoms with Gasteiger partial charge in [0.1, 0.15) is 29.9 Å². The van der Waals surface area contributed by atoms with E-state index in [4.69, 9.17) is 9.47 Å². The van der Waals surface area contributed by atoms with Gasteiger partial charge in [0, 0.05) is 13.3 Å².